The van der Waals surface area contributed by atoms with Crippen molar-refractivity contribution in [2.24, 2.45) is 0 Å². The van der Waals surface area contributed by atoms with Crippen LogP contribution in [0.25, 0.3) is 5.76 Å². The molecule has 0 aliphatic carbocycles. The number of rotatable bonds is 4. The van der Waals surface area contributed by atoms with Gasteiger partial charge in [0.1, 0.15) is 29.2 Å². The van der Waals surface area contributed by atoms with Crippen LogP contribution in [0.15, 0.2) is 66.4 Å². The van der Waals surface area contributed by atoms with E-state index in [1.807, 2.05) is 0 Å². The Hall–Kier alpha value is -3.78. The summed E-state index contributed by atoms with van der Waals surface area (Å²) in [4.78, 5) is 31.0. The first kappa shape index (κ1) is 21.5. The van der Waals surface area contributed by atoms with Crippen molar-refractivity contribution in [2.45, 2.75) is 6.04 Å². The first-order chi connectivity index (χ1) is 15.3. The average molecular weight is 457 g/mol. The third-order valence-electron chi connectivity index (χ3n) is 5.01. The molecule has 1 atom stereocenters. The summed E-state index contributed by atoms with van der Waals surface area (Å²) in [5.41, 5.74) is -0.263. The van der Waals surface area contributed by atoms with Crippen LogP contribution in [0.5, 0.6) is 5.75 Å². The Morgan fingerprint density at radius 2 is 1.91 bits per heavy atom. The number of pyridine rings is 1. The molecule has 162 valence electrons. The molecule has 0 radical (unpaired) electrons. The van der Waals surface area contributed by atoms with E-state index in [0.29, 0.717) is 6.07 Å². The standard InChI is InChI=1S/C23H15ClF2N2O4/c1-32-18-10-12(5-7-14(18)24)21(29)19-20(16-4-2-3-9-27-16)28(23(31)22(19)30)17-8-6-13(25)11-15(17)26/h2-11,20,29H,1H3/b21-19+. The molecular weight excluding hydrogens is 442 g/mol. The number of aliphatic hydroxyl groups excluding tert-OH is 1. The second-order valence-electron chi connectivity index (χ2n) is 6.87. The molecule has 1 unspecified atom stereocenters. The van der Waals surface area contributed by atoms with E-state index in [1.54, 1.807) is 12.1 Å². The molecule has 0 spiro atoms. The van der Waals surface area contributed by atoms with E-state index in [4.69, 9.17) is 16.3 Å². The third-order valence-corrected chi connectivity index (χ3v) is 5.32. The van der Waals surface area contributed by atoms with Crippen molar-refractivity contribution in [3.05, 3.63) is 94.3 Å². The maximum absolute atomic E-state index is 14.6. The molecule has 2 heterocycles. The summed E-state index contributed by atoms with van der Waals surface area (Å²) in [6.07, 6.45) is 1.43. The number of methoxy groups -OCH3 is 1. The lowest BCUT2D eigenvalue weighted by atomic mass is 9.98. The van der Waals surface area contributed by atoms with Gasteiger partial charge in [-0.3, -0.25) is 19.5 Å². The quantitative estimate of drug-likeness (QED) is 0.351. The Morgan fingerprint density at radius 1 is 1.12 bits per heavy atom. The van der Waals surface area contributed by atoms with Crippen molar-refractivity contribution in [3.8, 4) is 5.75 Å². The van der Waals surface area contributed by atoms with Gasteiger partial charge in [0.2, 0.25) is 0 Å². The third kappa shape index (κ3) is 3.58. The number of amides is 1. The summed E-state index contributed by atoms with van der Waals surface area (Å²) in [5, 5.41) is 11.3. The van der Waals surface area contributed by atoms with Crippen LogP contribution in [0.4, 0.5) is 14.5 Å². The summed E-state index contributed by atoms with van der Waals surface area (Å²) < 4.78 is 33.2. The van der Waals surface area contributed by atoms with Crippen molar-refractivity contribution >= 4 is 34.7 Å². The molecule has 1 saturated heterocycles. The number of halogens is 3. The van der Waals surface area contributed by atoms with Gasteiger partial charge >= 0.3 is 0 Å². The van der Waals surface area contributed by atoms with Crippen LogP contribution in [-0.4, -0.2) is 28.9 Å². The molecule has 6 nitrogen and oxygen atoms in total. The number of ether oxygens (including phenoxy) is 1. The lowest BCUT2D eigenvalue weighted by Gasteiger charge is -2.25. The van der Waals surface area contributed by atoms with Crippen LogP contribution in [0, 0.1) is 11.6 Å². The number of carbonyl (C=O) groups excluding carboxylic acids is 2. The SMILES string of the molecule is COc1cc(/C(O)=C2\C(=O)C(=O)N(c3ccc(F)cc3F)C2c2ccccn2)ccc1Cl. The van der Waals surface area contributed by atoms with Crippen molar-refractivity contribution < 1.29 is 28.2 Å². The van der Waals surface area contributed by atoms with Gasteiger partial charge in [-0.2, -0.15) is 0 Å². The molecule has 1 fully saturated rings. The number of ketones is 1. The van der Waals surface area contributed by atoms with E-state index in [0.717, 1.165) is 17.0 Å². The Kier molecular flexibility index (Phi) is 5.63. The van der Waals surface area contributed by atoms with E-state index in [1.165, 1.54) is 37.6 Å². The molecule has 0 saturated carbocycles. The van der Waals surface area contributed by atoms with Gasteiger partial charge in [0.15, 0.2) is 0 Å². The summed E-state index contributed by atoms with van der Waals surface area (Å²) in [6.45, 7) is 0. The van der Waals surface area contributed by atoms with Gasteiger partial charge in [-0.1, -0.05) is 17.7 Å². The van der Waals surface area contributed by atoms with Gasteiger partial charge in [0, 0.05) is 17.8 Å². The predicted molar refractivity (Wildman–Crippen MR) is 113 cm³/mol. The summed E-state index contributed by atoms with van der Waals surface area (Å²) in [5.74, 6) is -4.29. The molecule has 3 aromatic rings. The zero-order valence-electron chi connectivity index (χ0n) is 16.6. The van der Waals surface area contributed by atoms with Crippen molar-refractivity contribution in [2.75, 3.05) is 12.0 Å². The summed E-state index contributed by atoms with van der Waals surface area (Å²) in [7, 11) is 1.38. The second-order valence-corrected chi connectivity index (χ2v) is 7.28. The van der Waals surface area contributed by atoms with Gasteiger partial charge in [0.25, 0.3) is 11.7 Å². The Labute approximate surface area is 186 Å². The van der Waals surface area contributed by atoms with Gasteiger partial charge in [-0.15, -0.1) is 0 Å². The molecule has 4 rings (SSSR count). The van der Waals surface area contributed by atoms with Crippen molar-refractivity contribution in [3.63, 3.8) is 0 Å². The number of aromatic nitrogens is 1. The normalized spacial score (nSPS) is 17.6. The summed E-state index contributed by atoms with van der Waals surface area (Å²) >= 11 is 6.04. The first-order valence-corrected chi connectivity index (χ1v) is 9.72. The molecule has 9 heteroatoms. The van der Waals surface area contributed by atoms with Crippen LogP contribution >= 0.6 is 11.6 Å². The van der Waals surface area contributed by atoms with Crippen LogP contribution in [0.2, 0.25) is 5.02 Å². The molecule has 2 aromatic carbocycles. The topological polar surface area (TPSA) is 79.7 Å². The smallest absolute Gasteiger partial charge is 0.300 e. The molecule has 1 amide bonds. The number of benzene rings is 2. The van der Waals surface area contributed by atoms with Crippen molar-refractivity contribution in [1.29, 1.82) is 0 Å². The number of nitrogens with zero attached hydrogens (tertiary/aromatic N) is 2. The van der Waals surface area contributed by atoms with E-state index >= 15 is 0 Å². The van der Waals surface area contributed by atoms with Gasteiger partial charge in [-0.25, -0.2) is 8.78 Å². The van der Waals surface area contributed by atoms with Crippen LogP contribution in [0.1, 0.15) is 17.3 Å². The molecule has 1 aromatic heterocycles. The maximum atomic E-state index is 14.6. The second kappa shape index (κ2) is 8.39. The fourth-order valence-electron chi connectivity index (χ4n) is 3.54. The van der Waals surface area contributed by atoms with Gasteiger partial charge in [0.05, 0.1) is 29.1 Å². The lowest BCUT2D eigenvalue weighted by molar-refractivity contribution is -0.132. The molecule has 32 heavy (non-hydrogen) atoms. The van der Waals surface area contributed by atoms with Crippen LogP contribution in [-0.2, 0) is 9.59 Å². The highest BCUT2D eigenvalue weighted by atomic mass is 35.5. The minimum atomic E-state index is -1.25. The fourth-order valence-corrected chi connectivity index (χ4v) is 3.73. The number of anilines is 1. The maximum Gasteiger partial charge on any atom is 0.300 e. The minimum absolute atomic E-state index is 0.157. The van der Waals surface area contributed by atoms with E-state index in [2.05, 4.69) is 4.98 Å². The van der Waals surface area contributed by atoms with Crippen molar-refractivity contribution in [1.82, 2.24) is 4.98 Å². The molecule has 1 N–H and O–H groups in total. The number of carbonyl (C=O) groups is 2. The van der Waals surface area contributed by atoms with Gasteiger partial charge < -0.3 is 9.84 Å². The van der Waals surface area contributed by atoms with E-state index in [9.17, 15) is 23.5 Å². The van der Waals surface area contributed by atoms with Crippen LogP contribution in [0.3, 0.4) is 0 Å². The molecular formula is C23H15ClF2N2O4. The molecule has 1 aliphatic heterocycles. The largest absolute Gasteiger partial charge is 0.507 e. The van der Waals surface area contributed by atoms with Gasteiger partial charge in [-0.05, 0) is 42.5 Å². The Balaban J connectivity index is 1.96. The monoisotopic (exact) mass is 456 g/mol. The zero-order valence-corrected chi connectivity index (χ0v) is 17.3. The average Bonchev–Trinajstić information content (AvgIpc) is 3.05. The Morgan fingerprint density at radius 3 is 2.56 bits per heavy atom. The lowest BCUT2D eigenvalue weighted by Crippen LogP contribution is -2.30. The highest BCUT2D eigenvalue weighted by Crippen LogP contribution is 2.42. The predicted octanol–water partition coefficient (Wildman–Crippen LogP) is 4.65. The minimum Gasteiger partial charge on any atom is -0.507 e. The zero-order chi connectivity index (χ0) is 23.0. The van der Waals surface area contributed by atoms with Crippen LogP contribution < -0.4 is 9.64 Å². The Bertz CT molecular complexity index is 1260. The highest BCUT2D eigenvalue weighted by Gasteiger charge is 2.48. The molecule has 1 aliphatic rings. The van der Waals surface area contributed by atoms with E-state index in [-0.39, 0.29) is 33.3 Å². The molecule has 0 bridgehead atoms. The number of aliphatic hydroxyl groups is 1. The summed E-state index contributed by atoms with van der Waals surface area (Å²) in [6, 6.07) is 10.5. The number of hydrogen-bond donors (Lipinski definition) is 1. The van der Waals surface area contributed by atoms with E-state index < -0.39 is 35.1 Å². The fraction of sp³-hybridized carbons (Fsp3) is 0.0870. The number of hydrogen-bond acceptors (Lipinski definition) is 5. The highest BCUT2D eigenvalue weighted by molar-refractivity contribution is 6.51. The first-order valence-electron chi connectivity index (χ1n) is 9.34. The number of Topliss-reactive ketones (excluding diaryl/α,β-unsaturated/α-hetero) is 1.